The van der Waals surface area contributed by atoms with Crippen molar-refractivity contribution >= 4 is 15.9 Å². The summed E-state index contributed by atoms with van der Waals surface area (Å²) in [5.41, 5.74) is 8.60. The van der Waals surface area contributed by atoms with Crippen LogP contribution in [0.2, 0.25) is 0 Å². The Morgan fingerprint density at radius 1 is 1.30 bits per heavy atom. The molecule has 0 aliphatic carbocycles. The number of nitrogens with two attached hydrogens (primary N) is 1. The molecule has 1 heterocycles. The molecule has 0 saturated carbocycles. The minimum atomic E-state index is -0.374. The second kappa shape index (κ2) is 7.41. The van der Waals surface area contributed by atoms with Crippen molar-refractivity contribution in [2.75, 3.05) is 19.8 Å². The molecule has 2 N–H and O–H groups in total. The van der Waals surface area contributed by atoms with Gasteiger partial charge in [0.15, 0.2) is 6.29 Å². The smallest absolute Gasteiger partial charge is 0.172 e. The fourth-order valence-corrected chi connectivity index (χ4v) is 3.02. The highest BCUT2D eigenvalue weighted by molar-refractivity contribution is 9.10. The van der Waals surface area contributed by atoms with Crippen LogP contribution in [0.15, 0.2) is 16.6 Å². The van der Waals surface area contributed by atoms with Gasteiger partial charge in [0, 0.05) is 24.1 Å². The molecule has 1 aromatic rings. The van der Waals surface area contributed by atoms with E-state index in [0.717, 1.165) is 28.8 Å². The third-order valence-corrected chi connectivity index (χ3v) is 3.75. The van der Waals surface area contributed by atoms with E-state index in [0.29, 0.717) is 19.6 Å². The normalized spacial score (nSPS) is 15.2. The van der Waals surface area contributed by atoms with Crippen molar-refractivity contribution in [3.63, 3.8) is 0 Å². The van der Waals surface area contributed by atoms with Gasteiger partial charge in [0.05, 0.1) is 12.6 Å². The third kappa shape index (κ3) is 3.73. The van der Waals surface area contributed by atoms with Gasteiger partial charge in [0.25, 0.3) is 0 Å². The number of benzene rings is 1. The number of rotatable bonds is 7. The first-order valence-corrected chi connectivity index (χ1v) is 7.87. The molecule has 0 bridgehead atoms. The van der Waals surface area contributed by atoms with Crippen LogP contribution in [0.1, 0.15) is 25.0 Å². The average Bonchev–Trinajstić information content (AvgIpc) is 2.86. The van der Waals surface area contributed by atoms with Crippen molar-refractivity contribution in [1.29, 1.82) is 0 Å². The van der Waals surface area contributed by atoms with Crippen molar-refractivity contribution in [1.82, 2.24) is 0 Å². The molecule has 1 unspecified atom stereocenters. The molecule has 0 aromatic heterocycles. The Bertz CT molecular complexity index is 447. The molecule has 0 fully saturated rings. The van der Waals surface area contributed by atoms with E-state index in [4.69, 9.17) is 19.9 Å². The summed E-state index contributed by atoms with van der Waals surface area (Å²) >= 11 is 3.55. The zero-order valence-electron chi connectivity index (χ0n) is 12.0. The monoisotopic (exact) mass is 343 g/mol. The second-order valence-corrected chi connectivity index (χ2v) is 5.71. The Balaban J connectivity index is 2.12. The zero-order valence-corrected chi connectivity index (χ0v) is 13.6. The van der Waals surface area contributed by atoms with Gasteiger partial charge in [-0.25, -0.2) is 0 Å². The van der Waals surface area contributed by atoms with E-state index in [9.17, 15) is 0 Å². The van der Waals surface area contributed by atoms with Crippen LogP contribution in [0.25, 0.3) is 0 Å². The minimum absolute atomic E-state index is 0.211. The van der Waals surface area contributed by atoms with Gasteiger partial charge in [0.2, 0.25) is 0 Å². The number of ether oxygens (including phenoxy) is 3. The van der Waals surface area contributed by atoms with Crippen LogP contribution < -0.4 is 10.5 Å². The minimum Gasteiger partial charge on any atom is -0.493 e. The quantitative estimate of drug-likeness (QED) is 0.773. The van der Waals surface area contributed by atoms with Gasteiger partial charge >= 0.3 is 0 Å². The number of hydrogen-bond donors (Lipinski definition) is 1. The summed E-state index contributed by atoms with van der Waals surface area (Å²) in [6.07, 6.45) is 1.25. The maximum absolute atomic E-state index is 6.25. The molecule has 112 valence electrons. The molecule has 4 nitrogen and oxygen atoms in total. The predicted octanol–water partition coefficient (Wildman–Crippen LogP) is 2.65. The van der Waals surface area contributed by atoms with Gasteiger partial charge in [-0.3, -0.25) is 0 Å². The maximum atomic E-state index is 6.25. The van der Waals surface area contributed by atoms with Crippen LogP contribution in [0, 0.1) is 0 Å². The van der Waals surface area contributed by atoms with Crippen LogP contribution in [0.4, 0.5) is 0 Å². The summed E-state index contributed by atoms with van der Waals surface area (Å²) in [5.74, 6) is 0.982. The molecular weight excluding hydrogens is 322 g/mol. The van der Waals surface area contributed by atoms with E-state index in [-0.39, 0.29) is 12.3 Å². The van der Waals surface area contributed by atoms with E-state index in [1.165, 1.54) is 5.56 Å². The van der Waals surface area contributed by atoms with Crippen molar-refractivity contribution in [2.45, 2.75) is 39.0 Å². The van der Waals surface area contributed by atoms with Gasteiger partial charge in [0.1, 0.15) is 5.75 Å². The number of halogens is 1. The molecule has 1 aromatic carbocycles. The largest absolute Gasteiger partial charge is 0.493 e. The molecule has 0 amide bonds. The highest BCUT2D eigenvalue weighted by Gasteiger charge is 2.23. The first-order chi connectivity index (χ1) is 9.65. The summed E-state index contributed by atoms with van der Waals surface area (Å²) in [6, 6.07) is 3.97. The topological polar surface area (TPSA) is 53.7 Å². The zero-order chi connectivity index (χ0) is 14.5. The van der Waals surface area contributed by atoms with Crippen molar-refractivity contribution < 1.29 is 14.2 Å². The van der Waals surface area contributed by atoms with Crippen molar-refractivity contribution in [2.24, 2.45) is 5.73 Å². The van der Waals surface area contributed by atoms with E-state index in [1.54, 1.807) is 0 Å². The summed E-state index contributed by atoms with van der Waals surface area (Å²) in [7, 11) is 0. The molecule has 1 atom stereocenters. The fraction of sp³-hybridized carbons (Fsp3) is 0.600. The van der Waals surface area contributed by atoms with E-state index in [2.05, 4.69) is 28.1 Å². The number of fused-ring (bicyclic) bond motifs is 1. The van der Waals surface area contributed by atoms with Crippen LogP contribution in [-0.2, 0) is 22.3 Å². The Hall–Kier alpha value is -0.620. The van der Waals surface area contributed by atoms with E-state index in [1.807, 2.05) is 13.8 Å². The summed E-state index contributed by atoms with van der Waals surface area (Å²) in [5, 5.41) is 0. The lowest BCUT2D eigenvalue weighted by Crippen LogP contribution is -2.40. The molecule has 1 aliphatic rings. The molecule has 5 heteroatoms. The van der Waals surface area contributed by atoms with Gasteiger partial charge in [-0.15, -0.1) is 0 Å². The summed E-state index contributed by atoms with van der Waals surface area (Å²) in [6.45, 7) is 5.81. The summed E-state index contributed by atoms with van der Waals surface area (Å²) < 4.78 is 17.9. The molecule has 0 radical (unpaired) electrons. The first kappa shape index (κ1) is 15.8. The van der Waals surface area contributed by atoms with Crippen LogP contribution >= 0.6 is 15.9 Å². The fourth-order valence-electron chi connectivity index (χ4n) is 2.47. The second-order valence-electron chi connectivity index (χ2n) is 4.80. The molecule has 0 saturated heterocycles. The predicted molar refractivity (Wildman–Crippen MR) is 82.1 cm³/mol. The van der Waals surface area contributed by atoms with Gasteiger partial charge < -0.3 is 19.9 Å². The SMILES string of the molecule is CCOC(OCC)C(N)Cc1cc(Br)cc2c1OCC2. The van der Waals surface area contributed by atoms with Crippen molar-refractivity contribution in [3.8, 4) is 5.75 Å². The highest BCUT2D eigenvalue weighted by atomic mass is 79.9. The maximum Gasteiger partial charge on any atom is 0.172 e. The van der Waals surface area contributed by atoms with E-state index >= 15 is 0 Å². The van der Waals surface area contributed by atoms with Gasteiger partial charge in [-0.1, -0.05) is 15.9 Å². The standard InChI is InChI=1S/C15H22BrNO3/c1-3-18-15(19-4-2)13(17)9-11-8-12(16)7-10-5-6-20-14(10)11/h7-8,13,15H,3-6,9,17H2,1-2H3. The number of hydrogen-bond acceptors (Lipinski definition) is 4. The lowest BCUT2D eigenvalue weighted by atomic mass is 10.0. The first-order valence-electron chi connectivity index (χ1n) is 7.08. The van der Waals surface area contributed by atoms with E-state index < -0.39 is 0 Å². The molecule has 0 spiro atoms. The summed E-state index contributed by atoms with van der Waals surface area (Å²) in [4.78, 5) is 0. The highest BCUT2D eigenvalue weighted by Crippen LogP contribution is 2.33. The molecule has 2 rings (SSSR count). The van der Waals surface area contributed by atoms with Crippen molar-refractivity contribution in [3.05, 3.63) is 27.7 Å². The molecule has 20 heavy (non-hydrogen) atoms. The van der Waals surface area contributed by atoms with Crippen LogP contribution in [0.5, 0.6) is 5.75 Å². The average molecular weight is 344 g/mol. The Labute approximate surface area is 128 Å². The molecule has 1 aliphatic heterocycles. The lowest BCUT2D eigenvalue weighted by Gasteiger charge is -2.24. The third-order valence-electron chi connectivity index (χ3n) is 3.29. The Morgan fingerprint density at radius 2 is 2.00 bits per heavy atom. The Morgan fingerprint density at radius 3 is 2.65 bits per heavy atom. The van der Waals surface area contributed by atoms with Crippen LogP contribution in [-0.4, -0.2) is 32.2 Å². The van der Waals surface area contributed by atoms with Gasteiger partial charge in [-0.05, 0) is 43.5 Å². The van der Waals surface area contributed by atoms with Gasteiger partial charge in [-0.2, -0.15) is 0 Å². The van der Waals surface area contributed by atoms with Crippen LogP contribution in [0.3, 0.4) is 0 Å². The lowest BCUT2D eigenvalue weighted by molar-refractivity contribution is -0.148. The molecular formula is C15H22BrNO3. The Kier molecular flexibility index (Phi) is 5.84.